The molecule has 0 aliphatic heterocycles. The van der Waals surface area contributed by atoms with Crippen molar-refractivity contribution in [3.8, 4) is 0 Å². The summed E-state index contributed by atoms with van der Waals surface area (Å²) in [5.74, 6) is -1.05. The van der Waals surface area contributed by atoms with Crippen LogP contribution in [0.5, 0.6) is 0 Å². The highest BCUT2D eigenvalue weighted by Gasteiger charge is 2.10. The highest BCUT2D eigenvalue weighted by Crippen LogP contribution is 2.15. The van der Waals surface area contributed by atoms with Crippen molar-refractivity contribution < 1.29 is 8.78 Å². The minimum Gasteiger partial charge on any atom is -0.306 e. The molecule has 0 saturated heterocycles. The van der Waals surface area contributed by atoms with Gasteiger partial charge in [-0.1, -0.05) is 6.07 Å². The van der Waals surface area contributed by atoms with Gasteiger partial charge in [-0.05, 0) is 36.8 Å². The standard InChI is InChI=1S/C14H14F2N2/c1-10(11-5-7-17-8-6-11)18-9-12-13(15)3-2-4-14(12)16/h2-8,10,18H,9H2,1H3. The molecular weight excluding hydrogens is 234 g/mol. The summed E-state index contributed by atoms with van der Waals surface area (Å²) in [6, 6.07) is 7.63. The highest BCUT2D eigenvalue weighted by atomic mass is 19.1. The predicted octanol–water partition coefficient (Wildman–Crippen LogP) is 3.21. The molecule has 4 heteroatoms. The zero-order valence-electron chi connectivity index (χ0n) is 10.0. The maximum Gasteiger partial charge on any atom is 0.130 e. The van der Waals surface area contributed by atoms with Crippen LogP contribution in [0.3, 0.4) is 0 Å². The van der Waals surface area contributed by atoms with Crippen molar-refractivity contribution in [3.05, 3.63) is 65.5 Å². The van der Waals surface area contributed by atoms with Gasteiger partial charge in [0.1, 0.15) is 11.6 Å². The van der Waals surface area contributed by atoms with Crippen molar-refractivity contribution >= 4 is 0 Å². The molecule has 18 heavy (non-hydrogen) atoms. The van der Waals surface area contributed by atoms with Crippen molar-refractivity contribution in [2.75, 3.05) is 0 Å². The molecule has 0 spiro atoms. The van der Waals surface area contributed by atoms with Crippen molar-refractivity contribution in [3.63, 3.8) is 0 Å². The molecule has 1 aromatic carbocycles. The molecule has 1 atom stereocenters. The summed E-state index contributed by atoms with van der Waals surface area (Å²) >= 11 is 0. The summed E-state index contributed by atoms with van der Waals surface area (Å²) in [5, 5.41) is 3.09. The van der Waals surface area contributed by atoms with E-state index in [4.69, 9.17) is 0 Å². The Morgan fingerprint density at radius 3 is 2.33 bits per heavy atom. The van der Waals surface area contributed by atoms with Crippen molar-refractivity contribution in [1.82, 2.24) is 10.3 Å². The van der Waals surface area contributed by atoms with Crippen molar-refractivity contribution in [2.24, 2.45) is 0 Å². The Hall–Kier alpha value is -1.81. The molecule has 0 bridgehead atoms. The first-order valence-electron chi connectivity index (χ1n) is 5.74. The van der Waals surface area contributed by atoms with Gasteiger partial charge in [0, 0.05) is 30.5 Å². The lowest BCUT2D eigenvalue weighted by atomic mass is 10.1. The van der Waals surface area contributed by atoms with E-state index in [2.05, 4.69) is 10.3 Å². The highest BCUT2D eigenvalue weighted by molar-refractivity contribution is 5.20. The number of benzene rings is 1. The van der Waals surface area contributed by atoms with Crippen LogP contribution in [0.4, 0.5) is 8.78 Å². The van der Waals surface area contributed by atoms with E-state index in [9.17, 15) is 8.78 Å². The second-order valence-corrected chi connectivity index (χ2v) is 4.08. The van der Waals surface area contributed by atoms with E-state index in [0.717, 1.165) is 5.56 Å². The fourth-order valence-corrected chi connectivity index (χ4v) is 1.73. The predicted molar refractivity (Wildman–Crippen MR) is 65.8 cm³/mol. The number of nitrogens with one attached hydrogen (secondary N) is 1. The maximum atomic E-state index is 13.4. The molecule has 0 aliphatic rings. The van der Waals surface area contributed by atoms with E-state index in [0.29, 0.717) is 0 Å². The molecule has 1 unspecified atom stereocenters. The van der Waals surface area contributed by atoms with Crippen LogP contribution in [-0.2, 0) is 6.54 Å². The van der Waals surface area contributed by atoms with Crippen LogP contribution in [0.15, 0.2) is 42.7 Å². The molecule has 1 heterocycles. The van der Waals surface area contributed by atoms with E-state index in [1.54, 1.807) is 12.4 Å². The van der Waals surface area contributed by atoms with Crippen LogP contribution >= 0.6 is 0 Å². The smallest absolute Gasteiger partial charge is 0.130 e. The number of nitrogens with zero attached hydrogens (tertiary/aromatic N) is 1. The lowest BCUT2D eigenvalue weighted by molar-refractivity contribution is 0.509. The zero-order chi connectivity index (χ0) is 13.0. The molecule has 0 amide bonds. The Labute approximate surface area is 105 Å². The second-order valence-electron chi connectivity index (χ2n) is 4.08. The van der Waals surface area contributed by atoms with Gasteiger partial charge in [-0.2, -0.15) is 0 Å². The first-order chi connectivity index (χ1) is 8.68. The Kier molecular flexibility index (Phi) is 3.99. The van der Waals surface area contributed by atoms with Gasteiger partial charge in [-0.15, -0.1) is 0 Å². The number of halogens is 2. The largest absolute Gasteiger partial charge is 0.306 e. The molecule has 1 N–H and O–H groups in total. The molecule has 1 aromatic heterocycles. The first kappa shape index (κ1) is 12.6. The van der Waals surface area contributed by atoms with Crippen molar-refractivity contribution in [1.29, 1.82) is 0 Å². The van der Waals surface area contributed by atoms with Crippen LogP contribution in [0, 0.1) is 11.6 Å². The average Bonchev–Trinajstić information content (AvgIpc) is 2.39. The fraction of sp³-hybridized carbons (Fsp3) is 0.214. The van der Waals surface area contributed by atoms with Gasteiger partial charge in [0.2, 0.25) is 0 Å². The maximum absolute atomic E-state index is 13.4. The molecule has 2 aromatic rings. The summed E-state index contributed by atoms with van der Waals surface area (Å²) in [6.45, 7) is 2.09. The van der Waals surface area contributed by atoms with Gasteiger partial charge in [0.25, 0.3) is 0 Å². The van der Waals surface area contributed by atoms with Crippen LogP contribution in [-0.4, -0.2) is 4.98 Å². The third-order valence-electron chi connectivity index (χ3n) is 2.85. The molecule has 0 aliphatic carbocycles. The molecule has 94 valence electrons. The summed E-state index contributed by atoms with van der Waals surface area (Å²) in [4.78, 5) is 3.93. The number of aromatic nitrogens is 1. The molecule has 2 nitrogen and oxygen atoms in total. The van der Waals surface area contributed by atoms with Crippen molar-refractivity contribution in [2.45, 2.75) is 19.5 Å². The van der Waals surface area contributed by atoms with E-state index in [1.807, 2.05) is 19.1 Å². The number of pyridine rings is 1. The van der Waals surface area contributed by atoms with Crippen LogP contribution < -0.4 is 5.32 Å². The molecule has 0 radical (unpaired) electrons. The van der Waals surface area contributed by atoms with Crippen LogP contribution in [0.25, 0.3) is 0 Å². The normalized spacial score (nSPS) is 12.4. The minimum absolute atomic E-state index is 0.00649. The van der Waals surface area contributed by atoms with E-state index < -0.39 is 11.6 Å². The third-order valence-corrected chi connectivity index (χ3v) is 2.85. The Morgan fingerprint density at radius 2 is 1.72 bits per heavy atom. The Bertz CT molecular complexity index is 494. The molecule has 2 rings (SSSR count). The number of hydrogen-bond acceptors (Lipinski definition) is 2. The SMILES string of the molecule is CC(NCc1c(F)cccc1F)c1ccncc1. The summed E-state index contributed by atoms with van der Waals surface area (Å²) in [7, 11) is 0. The topological polar surface area (TPSA) is 24.9 Å². The first-order valence-corrected chi connectivity index (χ1v) is 5.74. The number of hydrogen-bond donors (Lipinski definition) is 1. The van der Waals surface area contributed by atoms with E-state index >= 15 is 0 Å². The van der Waals surface area contributed by atoms with Gasteiger partial charge >= 0.3 is 0 Å². The summed E-state index contributed by atoms with van der Waals surface area (Å²) < 4.78 is 26.8. The quantitative estimate of drug-likeness (QED) is 0.898. The Morgan fingerprint density at radius 1 is 1.11 bits per heavy atom. The molecule has 0 fully saturated rings. The summed E-state index contributed by atoms with van der Waals surface area (Å²) in [6.07, 6.45) is 3.38. The van der Waals surface area contributed by atoms with E-state index in [-0.39, 0.29) is 18.2 Å². The second kappa shape index (κ2) is 5.69. The van der Waals surface area contributed by atoms with E-state index in [1.165, 1.54) is 18.2 Å². The third kappa shape index (κ3) is 2.90. The van der Waals surface area contributed by atoms with Gasteiger partial charge in [-0.25, -0.2) is 8.78 Å². The van der Waals surface area contributed by atoms with Gasteiger partial charge in [-0.3, -0.25) is 4.98 Å². The average molecular weight is 248 g/mol. The zero-order valence-corrected chi connectivity index (χ0v) is 10.0. The van der Waals surface area contributed by atoms with Crippen LogP contribution in [0.1, 0.15) is 24.1 Å². The monoisotopic (exact) mass is 248 g/mol. The lowest BCUT2D eigenvalue weighted by Crippen LogP contribution is -2.19. The van der Waals surface area contributed by atoms with Gasteiger partial charge < -0.3 is 5.32 Å². The van der Waals surface area contributed by atoms with Gasteiger partial charge in [0.15, 0.2) is 0 Å². The fourth-order valence-electron chi connectivity index (χ4n) is 1.73. The summed E-state index contributed by atoms with van der Waals surface area (Å²) in [5.41, 5.74) is 1.10. The molecule has 0 saturated carbocycles. The molecular formula is C14H14F2N2. The Balaban J connectivity index is 2.04. The minimum atomic E-state index is -0.524. The van der Waals surface area contributed by atoms with Gasteiger partial charge in [0.05, 0.1) is 0 Å². The number of rotatable bonds is 4. The lowest BCUT2D eigenvalue weighted by Gasteiger charge is -2.14. The van der Waals surface area contributed by atoms with Crippen LogP contribution in [0.2, 0.25) is 0 Å².